The molecule has 7 nitrogen and oxygen atoms in total. The molecular weight excluding hydrogens is 388 g/mol. The van der Waals surface area contributed by atoms with E-state index in [4.69, 9.17) is 21.7 Å². The lowest BCUT2D eigenvalue weighted by Gasteiger charge is -2.11. The summed E-state index contributed by atoms with van der Waals surface area (Å²) < 4.78 is 10.6. The number of hydrazone groups is 1. The first-order valence-corrected chi connectivity index (χ1v) is 9.44. The maximum absolute atomic E-state index is 11.6. The number of carbonyl (C=O) groups excluding carboxylic acids is 1. The summed E-state index contributed by atoms with van der Waals surface area (Å²) in [6.07, 6.45) is 0. The van der Waals surface area contributed by atoms with Gasteiger partial charge < -0.3 is 19.7 Å². The van der Waals surface area contributed by atoms with E-state index in [2.05, 4.69) is 15.8 Å². The number of nitrogens with zero attached hydrogens (tertiary/aromatic N) is 2. The summed E-state index contributed by atoms with van der Waals surface area (Å²) in [5.41, 5.74) is 5.62. The molecule has 2 aromatic carbocycles. The largest absolute Gasteiger partial charge is 0.497 e. The van der Waals surface area contributed by atoms with Gasteiger partial charge in [-0.1, -0.05) is 12.1 Å². The second-order valence-electron chi connectivity index (χ2n) is 6.44. The van der Waals surface area contributed by atoms with Crippen molar-refractivity contribution in [1.82, 2.24) is 15.6 Å². The molecule has 0 atom stereocenters. The van der Waals surface area contributed by atoms with E-state index in [1.807, 2.05) is 43.3 Å². The zero-order valence-corrected chi connectivity index (χ0v) is 17.9. The maximum Gasteiger partial charge on any atom is 0.259 e. The van der Waals surface area contributed by atoms with Gasteiger partial charge in [0.1, 0.15) is 11.5 Å². The van der Waals surface area contributed by atoms with Crippen molar-refractivity contribution < 1.29 is 14.3 Å². The summed E-state index contributed by atoms with van der Waals surface area (Å²) in [6.45, 7) is 2.47. The van der Waals surface area contributed by atoms with Gasteiger partial charge in [-0.2, -0.15) is 5.10 Å². The number of methoxy groups -OCH3 is 1. The summed E-state index contributed by atoms with van der Waals surface area (Å²) in [7, 11) is 5.02. The molecule has 2 N–H and O–H groups in total. The average molecular weight is 415 g/mol. The fourth-order valence-corrected chi connectivity index (χ4v) is 2.35. The number of ether oxygens (including phenoxy) is 2. The van der Waals surface area contributed by atoms with Gasteiger partial charge in [-0.25, -0.2) is 0 Å². The number of nitrogens with one attached hydrogen (secondary N) is 2. The van der Waals surface area contributed by atoms with E-state index in [0.717, 1.165) is 22.6 Å². The predicted molar refractivity (Wildman–Crippen MR) is 118 cm³/mol. The molecule has 2 rings (SSSR count). The van der Waals surface area contributed by atoms with Crippen LogP contribution in [0.3, 0.4) is 0 Å². The summed E-state index contributed by atoms with van der Waals surface area (Å²) >= 11 is 5.26. The van der Waals surface area contributed by atoms with E-state index >= 15 is 0 Å². The normalized spacial score (nSPS) is 10.8. The third-order valence-electron chi connectivity index (χ3n) is 4.07. The highest BCUT2D eigenvalue weighted by molar-refractivity contribution is 7.80. The third-order valence-corrected chi connectivity index (χ3v) is 4.31. The predicted octanol–water partition coefficient (Wildman–Crippen LogP) is 2.55. The molecule has 0 aromatic heterocycles. The SMILES string of the molecule is COc1ccc(CNC(=S)N/N=C(/C)c2ccc(OCC(=O)N(C)C)cc2)cc1. The highest BCUT2D eigenvalue weighted by Crippen LogP contribution is 2.13. The Morgan fingerprint density at radius 3 is 2.28 bits per heavy atom. The van der Waals surface area contributed by atoms with Crippen LogP contribution in [0.5, 0.6) is 11.5 Å². The molecule has 0 radical (unpaired) electrons. The molecule has 0 saturated heterocycles. The Morgan fingerprint density at radius 2 is 1.69 bits per heavy atom. The van der Waals surface area contributed by atoms with Crippen molar-refractivity contribution in [1.29, 1.82) is 0 Å². The highest BCUT2D eigenvalue weighted by Gasteiger charge is 2.05. The molecule has 0 aliphatic carbocycles. The van der Waals surface area contributed by atoms with E-state index < -0.39 is 0 Å². The Kier molecular flexibility index (Phi) is 8.42. The molecule has 2 aromatic rings. The molecule has 0 aliphatic heterocycles. The number of hydrogen-bond donors (Lipinski definition) is 2. The van der Waals surface area contributed by atoms with Gasteiger partial charge in [-0.3, -0.25) is 10.2 Å². The number of rotatable bonds is 8. The molecule has 0 aliphatic rings. The van der Waals surface area contributed by atoms with Gasteiger partial charge in [0.05, 0.1) is 12.8 Å². The minimum atomic E-state index is -0.0910. The van der Waals surface area contributed by atoms with Crippen molar-refractivity contribution in [3.63, 3.8) is 0 Å². The maximum atomic E-state index is 11.6. The second-order valence-corrected chi connectivity index (χ2v) is 6.85. The number of thiocarbonyl (C=S) groups is 1. The van der Waals surface area contributed by atoms with Gasteiger partial charge in [-0.15, -0.1) is 0 Å². The minimum absolute atomic E-state index is 0.00904. The van der Waals surface area contributed by atoms with Crippen LogP contribution in [-0.2, 0) is 11.3 Å². The van der Waals surface area contributed by atoms with Crippen LogP contribution in [0.1, 0.15) is 18.1 Å². The summed E-state index contributed by atoms with van der Waals surface area (Å²) in [6, 6.07) is 15.1. The molecular formula is C21H26N4O3S. The van der Waals surface area contributed by atoms with Crippen LogP contribution < -0.4 is 20.2 Å². The van der Waals surface area contributed by atoms with Crippen LogP contribution in [-0.4, -0.2) is 49.4 Å². The molecule has 0 unspecified atom stereocenters. The van der Waals surface area contributed by atoms with Gasteiger partial charge in [0.2, 0.25) is 0 Å². The van der Waals surface area contributed by atoms with Crippen LogP contribution in [0.4, 0.5) is 0 Å². The smallest absolute Gasteiger partial charge is 0.259 e. The topological polar surface area (TPSA) is 75.2 Å². The average Bonchev–Trinajstić information content (AvgIpc) is 2.74. The Labute approximate surface area is 176 Å². The van der Waals surface area contributed by atoms with Crippen molar-refractivity contribution in [2.24, 2.45) is 5.10 Å². The van der Waals surface area contributed by atoms with Crippen molar-refractivity contribution in [2.75, 3.05) is 27.8 Å². The Hall–Kier alpha value is -3.13. The van der Waals surface area contributed by atoms with Crippen LogP contribution >= 0.6 is 12.2 Å². The van der Waals surface area contributed by atoms with Crippen LogP contribution in [0.15, 0.2) is 53.6 Å². The first-order chi connectivity index (χ1) is 13.9. The fraction of sp³-hybridized carbons (Fsp3) is 0.286. The molecule has 8 heteroatoms. The number of likely N-dealkylation sites (N-methyl/N-ethyl adjacent to an activating group) is 1. The first kappa shape index (κ1) is 22.2. The summed E-state index contributed by atoms with van der Waals surface area (Å²) in [4.78, 5) is 13.1. The zero-order chi connectivity index (χ0) is 21.2. The third kappa shape index (κ3) is 7.42. The molecule has 0 saturated carbocycles. The summed E-state index contributed by atoms with van der Waals surface area (Å²) in [5.74, 6) is 1.35. The molecule has 1 amide bonds. The monoisotopic (exact) mass is 414 g/mol. The van der Waals surface area contributed by atoms with Crippen molar-refractivity contribution >= 4 is 28.9 Å². The molecule has 0 spiro atoms. The first-order valence-electron chi connectivity index (χ1n) is 9.03. The quantitative estimate of drug-likeness (QED) is 0.393. The number of carbonyl (C=O) groups is 1. The van der Waals surface area contributed by atoms with E-state index in [0.29, 0.717) is 17.4 Å². The van der Waals surface area contributed by atoms with E-state index in [-0.39, 0.29) is 12.5 Å². The minimum Gasteiger partial charge on any atom is -0.497 e. The molecule has 0 fully saturated rings. The standard InChI is InChI=1S/C21H26N4O3S/c1-15(17-7-11-19(12-8-17)28-14-20(26)25(2)3)23-24-21(29)22-13-16-5-9-18(27-4)10-6-16/h5-12H,13-14H2,1-4H3,(H2,22,24,29)/b23-15-. The number of benzene rings is 2. The number of hydrogen-bond acceptors (Lipinski definition) is 5. The summed E-state index contributed by atoms with van der Waals surface area (Å²) in [5, 5.41) is 7.84. The van der Waals surface area contributed by atoms with Gasteiger partial charge >= 0.3 is 0 Å². The molecule has 0 heterocycles. The van der Waals surface area contributed by atoms with Crippen LogP contribution in [0.25, 0.3) is 0 Å². The van der Waals surface area contributed by atoms with E-state index in [9.17, 15) is 4.79 Å². The van der Waals surface area contributed by atoms with Crippen LogP contribution in [0.2, 0.25) is 0 Å². The Bertz CT molecular complexity index is 849. The molecule has 154 valence electrons. The fourth-order valence-electron chi connectivity index (χ4n) is 2.23. The Morgan fingerprint density at radius 1 is 1.07 bits per heavy atom. The number of amides is 1. The van der Waals surface area contributed by atoms with E-state index in [1.165, 1.54) is 4.90 Å². The highest BCUT2D eigenvalue weighted by atomic mass is 32.1. The lowest BCUT2D eigenvalue weighted by molar-refractivity contribution is -0.130. The zero-order valence-electron chi connectivity index (χ0n) is 17.1. The van der Waals surface area contributed by atoms with Gasteiger partial charge in [0.15, 0.2) is 11.7 Å². The van der Waals surface area contributed by atoms with Crippen molar-refractivity contribution in [2.45, 2.75) is 13.5 Å². The van der Waals surface area contributed by atoms with Gasteiger partial charge in [0.25, 0.3) is 5.91 Å². The lowest BCUT2D eigenvalue weighted by Crippen LogP contribution is -2.32. The van der Waals surface area contributed by atoms with Gasteiger partial charge in [-0.05, 0) is 66.7 Å². The van der Waals surface area contributed by atoms with Gasteiger partial charge in [0, 0.05) is 20.6 Å². The Balaban J connectivity index is 1.81. The molecule has 29 heavy (non-hydrogen) atoms. The lowest BCUT2D eigenvalue weighted by atomic mass is 10.1. The molecule has 0 bridgehead atoms. The second kappa shape index (κ2) is 11.0. The van der Waals surface area contributed by atoms with E-state index in [1.54, 1.807) is 33.3 Å². The van der Waals surface area contributed by atoms with Crippen LogP contribution in [0, 0.1) is 0 Å². The van der Waals surface area contributed by atoms with Crippen molar-refractivity contribution in [3.8, 4) is 11.5 Å². The van der Waals surface area contributed by atoms with Crippen molar-refractivity contribution in [3.05, 3.63) is 59.7 Å².